The van der Waals surface area contributed by atoms with Crippen molar-refractivity contribution in [1.82, 2.24) is 0 Å². The van der Waals surface area contributed by atoms with Gasteiger partial charge in [0, 0.05) is 6.42 Å². The van der Waals surface area contributed by atoms with E-state index in [-0.39, 0.29) is 5.97 Å². The maximum atomic E-state index is 12.4. The number of ether oxygens (including phenoxy) is 1. The standard InChI is InChI=1S/C32H56O3/c1-4-7-10-11-12-13-14-15-16-17-18-19-20-21-22-25-31(33)35-30-26-28(23-8-5-2)32(34)29(27-30)24-9-6-3/h26-27,34H,4-25H2,1-3H3. The lowest BCUT2D eigenvalue weighted by molar-refractivity contribution is -0.134. The minimum Gasteiger partial charge on any atom is -0.507 e. The van der Waals surface area contributed by atoms with Crippen LogP contribution in [-0.2, 0) is 17.6 Å². The molecule has 0 radical (unpaired) electrons. The first-order chi connectivity index (χ1) is 17.1. The zero-order chi connectivity index (χ0) is 25.6. The van der Waals surface area contributed by atoms with Crippen LogP contribution in [0.2, 0.25) is 0 Å². The molecule has 0 saturated carbocycles. The monoisotopic (exact) mass is 488 g/mol. The van der Waals surface area contributed by atoms with Crippen LogP contribution in [0, 0.1) is 0 Å². The van der Waals surface area contributed by atoms with Crippen LogP contribution in [0.25, 0.3) is 0 Å². The topological polar surface area (TPSA) is 46.5 Å². The number of hydrogen-bond acceptors (Lipinski definition) is 3. The average Bonchev–Trinajstić information content (AvgIpc) is 2.85. The first kappa shape index (κ1) is 31.5. The van der Waals surface area contributed by atoms with E-state index in [1.807, 2.05) is 12.1 Å². The molecule has 1 N–H and O–H groups in total. The third-order valence-electron chi connectivity index (χ3n) is 7.06. The number of carbonyl (C=O) groups is 1. The van der Waals surface area contributed by atoms with Gasteiger partial charge in [-0.3, -0.25) is 4.79 Å². The molecule has 3 heteroatoms. The second-order valence-electron chi connectivity index (χ2n) is 10.5. The molecule has 0 heterocycles. The second kappa shape index (κ2) is 21.7. The molecule has 0 aromatic heterocycles. The summed E-state index contributed by atoms with van der Waals surface area (Å²) in [5.41, 5.74) is 1.82. The lowest BCUT2D eigenvalue weighted by Crippen LogP contribution is -2.08. The van der Waals surface area contributed by atoms with Gasteiger partial charge in [-0.2, -0.15) is 0 Å². The first-order valence-electron chi connectivity index (χ1n) is 15.2. The van der Waals surface area contributed by atoms with Crippen LogP contribution in [0.4, 0.5) is 0 Å². The Morgan fingerprint density at radius 3 is 1.37 bits per heavy atom. The van der Waals surface area contributed by atoms with Crippen LogP contribution < -0.4 is 4.74 Å². The predicted octanol–water partition coefficient (Wildman–Crippen LogP) is 10.2. The summed E-state index contributed by atoms with van der Waals surface area (Å²) in [6.45, 7) is 6.58. The molecular weight excluding hydrogens is 432 g/mol. The van der Waals surface area contributed by atoms with E-state index in [1.165, 1.54) is 83.5 Å². The first-order valence-corrected chi connectivity index (χ1v) is 15.2. The number of hydrogen-bond donors (Lipinski definition) is 1. The molecule has 1 aromatic carbocycles. The van der Waals surface area contributed by atoms with Crippen LogP contribution >= 0.6 is 0 Å². The van der Waals surface area contributed by atoms with E-state index in [1.54, 1.807) is 0 Å². The van der Waals surface area contributed by atoms with E-state index in [0.29, 0.717) is 17.9 Å². The average molecular weight is 489 g/mol. The van der Waals surface area contributed by atoms with E-state index in [0.717, 1.165) is 62.5 Å². The zero-order valence-electron chi connectivity index (χ0n) is 23.5. The van der Waals surface area contributed by atoms with E-state index < -0.39 is 0 Å². The van der Waals surface area contributed by atoms with Gasteiger partial charge in [0.1, 0.15) is 11.5 Å². The van der Waals surface area contributed by atoms with Crippen LogP contribution in [0.1, 0.15) is 160 Å². The Bertz CT molecular complexity index is 623. The molecule has 0 amide bonds. The fraction of sp³-hybridized carbons (Fsp3) is 0.781. The van der Waals surface area contributed by atoms with Gasteiger partial charge in [-0.1, -0.05) is 124 Å². The smallest absolute Gasteiger partial charge is 0.311 e. The van der Waals surface area contributed by atoms with E-state index in [4.69, 9.17) is 4.74 Å². The van der Waals surface area contributed by atoms with Gasteiger partial charge in [0.05, 0.1) is 0 Å². The van der Waals surface area contributed by atoms with Gasteiger partial charge in [-0.15, -0.1) is 0 Å². The summed E-state index contributed by atoms with van der Waals surface area (Å²) < 4.78 is 5.68. The number of rotatable bonds is 23. The molecule has 0 unspecified atom stereocenters. The van der Waals surface area contributed by atoms with Gasteiger partial charge in [-0.05, 0) is 55.4 Å². The van der Waals surface area contributed by atoms with Gasteiger partial charge in [0.25, 0.3) is 0 Å². The molecule has 0 bridgehead atoms. The molecule has 35 heavy (non-hydrogen) atoms. The van der Waals surface area contributed by atoms with Gasteiger partial charge in [0.15, 0.2) is 0 Å². The highest BCUT2D eigenvalue weighted by Crippen LogP contribution is 2.31. The lowest BCUT2D eigenvalue weighted by atomic mass is 9.99. The molecule has 1 rings (SSSR count). The fourth-order valence-corrected chi connectivity index (χ4v) is 4.73. The Labute approximate surface area is 217 Å². The molecule has 0 aliphatic carbocycles. The summed E-state index contributed by atoms with van der Waals surface area (Å²) in [5, 5.41) is 10.6. The zero-order valence-corrected chi connectivity index (χ0v) is 23.5. The van der Waals surface area contributed by atoms with Crippen LogP contribution in [0.5, 0.6) is 11.5 Å². The Balaban J connectivity index is 2.16. The predicted molar refractivity (Wildman–Crippen MR) is 151 cm³/mol. The van der Waals surface area contributed by atoms with Crippen LogP contribution in [-0.4, -0.2) is 11.1 Å². The molecule has 0 spiro atoms. The quantitative estimate of drug-likeness (QED) is 0.0946. The number of phenolic OH excluding ortho intramolecular Hbond substituents is 1. The summed E-state index contributed by atoms with van der Waals surface area (Å²) in [5.74, 6) is 0.855. The van der Waals surface area contributed by atoms with E-state index in [9.17, 15) is 9.90 Å². The van der Waals surface area contributed by atoms with Gasteiger partial charge in [0.2, 0.25) is 0 Å². The molecule has 202 valence electrons. The van der Waals surface area contributed by atoms with Crippen molar-refractivity contribution in [2.75, 3.05) is 0 Å². The second-order valence-corrected chi connectivity index (χ2v) is 10.5. The summed E-state index contributed by atoms with van der Waals surface area (Å²) in [6.07, 6.45) is 26.2. The Hall–Kier alpha value is -1.51. The van der Waals surface area contributed by atoms with Crippen molar-refractivity contribution >= 4 is 5.97 Å². The third-order valence-corrected chi connectivity index (χ3v) is 7.06. The van der Waals surface area contributed by atoms with Crippen molar-refractivity contribution in [2.45, 2.75) is 162 Å². The number of aromatic hydroxyl groups is 1. The van der Waals surface area contributed by atoms with Crippen molar-refractivity contribution in [3.05, 3.63) is 23.3 Å². The SMILES string of the molecule is CCCCCCCCCCCCCCCCCC(=O)Oc1cc(CCCC)c(O)c(CCCC)c1. The minimum atomic E-state index is -0.145. The Morgan fingerprint density at radius 2 is 0.971 bits per heavy atom. The van der Waals surface area contributed by atoms with Crippen LogP contribution in [0.3, 0.4) is 0 Å². The molecule has 0 aliphatic rings. The number of benzene rings is 1. The maximum absolute atomic E-state index is 12.4. The van der Waals surface area contributed by atoms with Gasteiger partial charge < -0.3 is 9.84 Å². The van der Waals surface area contributed by atoms with E-state index in [2.05, 4.69) is 20.8 Å². The van der Waals surface area contributed by atoms with Crippen LogP contribution in [0.15, 0.2) is 12.1 Å². The highest BCUT2D eigenvalue weighted by molar-refractivity contribution is 5.72. The normalized spacial score (nSPS) is 11.2. The molecular formula is C32H56O3. The van der Waals surface area contributed by atoms with Crippen molar-refractivity contribution in [2.24, 2.45) is 0 Å². The molecule has 3 nitrogen and oxygen atoms in total. The Morgan fingerprint density at radius 1 is 0.600 bits per heavy atom. The summed E-state index contributed by atoms with van der Waals surface area (Å²) in [6, 6.07) is 3.73. The van der Waals surface area contributed by atoms with Crippen molar-refractivity contribution in [3.63, 3.8) is 0 Å². The molecule has 0 atom stereocenters. The number of esters is 1. The lowest BCUT2D eigenvalue weighted by Gasteiger charge is -2.13. The summed E-state index contributed by atoms with van der Waals surface area (Å²) >= 11 is 0. The van der Waals surface area contributed by atoms with Crippen molar-refractivity contribution < 1.29 is 14.6 Å². The third kappa shape index (κ3) is 16.0. The van der Waals surface area contributed by atoms with Gasteiger partial charge in [-0.25, -0.2) is 0 Å². The minimum absolute atomic E-state index is 0.145. The fourth-order valence-electron chi connectivity index (χ4n) is 4.73. The number of aryl methyl sites for hydroxylation is 2. The number of carbonyl (C=O) groups excluding carboxylic acids is 1. The highest BCUT2D eigenvalue weighted by Gasteiger charge is 2.13. The summed E-state index contributed by atoms with van der Waals surface area (Å²) in [4.78, 5) is 12.4. The van der Waals surface area contributed by atoms with Gasteiger partial charge >= 0.3 is 5.97 Å². The number of phenols is 1. The van der Waals surface area contributed by atoms with E-state index >= 15 is 0 Å². The number of unbranched alkanes of at least 4 members (excludes halogenated alkanes) is 16. The van der Waals surface area contributed by atoms with Crippen molar-refractivity contribution in [3.8, 4) is 11.5 Å². The largest absolute Gasteiger partial charge is 0.507 e. The van der Waals surface area contributed by atoms with Crippen molar-refractivity contribution in [1.29, 1.82) is 0 Å². The molecule has 0 aliphatic heterocycles. The molecule has 0 fully saturated rings. The Kier molecular flexibility index (Phi) is 19.6. The molecule has 1 aromatic rings. The molecule has 0 saturated heterocycles. The highest BCUT2D eigenvalue weighted by atomic mass is 16.5. The summed E-state index contributed by atoms with van der Waals surface area (Å²) in [7, 11) is 0. The maximum Gasteiger partial charge on any atom is 0.311 e.